The molecular weight excluding hydrogens is 228 g/mol. The molecule has 0 amide bonds. The fraction of sp³-hybridized carbons (Fsp3) is 0.267. The molecule has 1 aromatic heterocycles. The maximum absolute atomic E-state index is 11.5. The van der Waals surface area contributed by atoms with Gasteiger partial charge in [-0.3, -0.25) is 0 Å². The lowest BCUT2D eigenvalue weighted by atomic mass is 10.0. The molecule has 0 fully saturated rings. The molecule has 0 saturated carbocycles. The summed E-state index contributed by atoms with van der Waals surface area (Å²) in [6, 6.07) is 5.44. The zero-order valence-corrected chi connectivity index (χ0v) is 10.2. The standard InChI is InChI=1S/C15H14O3/c1-10-9-14(16)18-15-11(10)6-7-13-12(15)5-3-2-4-8-17-13/h2-3,6-7,9H,4-5,8H2,1H3/b3-2-. The van der Waals surface area contributed by atoms with E-state index in [0.29, 0.717) is 12.2 Å². The quantitative estimate of drug-likeness (QED) is 0.526. The van der Waals surface area contributed by atoms with Gasteiger partial charge in [0.15, 0.2) is 0 Å². The molecule has 2 aromatic rings. The van der Waals surface area contributed by atoms with E-state index >= 15 is 0 Å². The van der Waals surface area contributed by atoms with Crippen molar-refractivity contribution in [3.8, 4) is 5.75 Å². The number of allylic oxidation sites excluding steroid dienone is 1. The maximum atomic E-state index is 11.5. The molecule has 0 spiro atoms. The minimum Gasteiger partial charge on any atom is -0.493 e. The summed E-state index contributed by atoms with van der Waals surface area (Å²) in [5.41, 5.74) is 2.25. The van der Waals surface area contributed by atoms with Gasteiger partial charge in [0.25, 0.3) is 0 Å². The van der Waals surface area contributed by atoms with Crippen LogP contribution in [0, 0.1) is 6.92 Å². The Hall–Kier alpha value is -2.03. The van der Waals surface area contributed by atoms with Crippen LogP contribution >= 0.6 is 0 Å². The van der Waals surface area contributed by atoms with E-state index in [1.54, 1.807) is 0 Å². The number of hydrogen-bond acceptors (Lipinski definition) is 3. The van der Waals surface area contributed by atoms with E-state index < -0.39 is 0 Å². The van der Waals surface area contributed by atoms with Crippen molar-refractivity contribution >= 4 is 11.0 Å². The van der Waals surface area contributed by atoms with Crippen LogP contribution in [0.2, 0.25) is 0 Å². The topological polar surface area (TPSA) is 39.4 Å². The molecule has 0 saturated heterocycles. The van der Waals surface area contributed by atoms with Gasteiger partial charge in [0.1, 0.15) is 11.3 Å². The van der Waals surface area contributed by atoms with Crippen molar-refractivity contribution in [2.45, 2.75) is 19.8 Å². The summed E-state index contributed by atoms with van der Waals surface area (Å²) in [7, 11) is 0. The minimum absolute atomic E-state index is 0.306. The third kappa shape index (κ3) is 1.82. The molecule has 0 N–H and O–H groups in total. The lowest BCUT2D eigenvalue weighted by Crippen LogP contribution is -2.05. The summed E-state index contributed by atoms with van der Waals surface area (Å²) in [6.07, 6.45) is 5.84. The molecule has 0 bridgehead atoms. The largest absolute Gasteiger partial charge is 0.493 e. The monoisotopic (exact) mass is 242 g/mol. The zero-order valence-electron chi connectivity index (χ0n) is 10.2. The average Bonchev–Trinajstić information content (AvgIpc) is 2.29. The number of ether oxygens (including phenoxy) is 1. The Labute approximate surface area is 105 Å². The van der Waals surface area contributed by atoms with Gasteiger partial charge in [0.2, 0.25) is 0 Å². The van der Waals surface area contributed by atoms with Crippen LogP contribution in [0.25, 0.3) is 11.0 Å². The van der Waals surface area contributed by atoms with E-state index in [1.807, 2.05) is 19.1 Å². The SMILES string of the molecule is Cc1cc(=O)oc2c3c(ccc12)OCC/C=C\C3. The summed E-state index contributed by atoms with van der Waals surface area (Å²) in [6.45, 7) is 2.58. The van der Waals surface area contributed by atoms with Crippen molar-refractivity contribution in [2.75, 3.05) is 6.61 Å². The molecule has 3 rings (SSSR count). The molecule has 18 heavy (non-hydrogen) atoms. The Kier molecular flexibility index (Phi) is 2.67. The van der Waals surface area contributed by atoms with Crippen LogP contribution < -0.4 is 10.4 Å². The first kappa shape index (κ1) is 11.1. The van der Waals surface area contributed by atoms with Gasteiger partial charge in [-0.2, -0.15) is 0 Å². The Bertz CT molecular complexity index is 680. The van der Waals surface area contributed by atoms with Gasteiger partial charge in [-0.1, -0.05) is 12.2 Å². The highest BCUT2D eigenvalue weighted by Crippen LogP contribution is 2.30. The lowest BCUT2D eigenvalue weighted by Gasteiger charge is -2.14. The Morgan fingerprint density at radius 3 is 3.00 bits per heavy atom. The highest BCUT2D eigenvalue weighted by atomic mass is 16.5. The van der Waals surface area contributed by atoms with Gasteiger partial charge in [-0.25, -0.2) is 4.79 Å². The molecule has 2 heterocycles. The number of rotatable bonds is 0. The molecule has 0 aliphatic carbocycles. The van der Waals surface area contributed by atoms with E-state index in [0.717, 1.165) is 35.1 Å². The minimum atomic E-state index is -0.306. The van der Waals surface area contributed by atoms with Gasteiger partial charge in [-0.15, -0.1) is 0 Å². The van der Waals surface area contributed by atoms with Crippen molar-refractivity contribution < 1.29 is 9.15 Å². The third-order valence-corrected chi connectivity index (χ3v) is 3.21. The summed E-state index contributed by atoms with van der Waals surface area (Å²) in [4.78, 5) is 11.5. The van der Waals surface area contributed by atoms with Crippen LogP contribution in [0.1, 0.15) is 17.5 Å². The van der Waals surface area contributed by atoms with Crippen molar-refractivity contribution in [3.05, 3.63) is 51.9 Å². The second kappa shape index (κ2) is 4.33. The van der Waals surface area contributed by atoms with Crippen LogP contribution in [-0.2, 0) is 6.42 Å². The number of aryl methyl sites for hydroxylation is 1. The normalized spacial score (nSPS) is 16.5. The Balaban J connectivity index is 2.33. The Morgan fingerprint density at radius 1 is 1.22 bits per heavy atom. The molecule has 3 nitrogen and oxygen atoms in total. The van der Waals surface area contributed by atoms with Crippen molar-refractivity contribution in [3.63, 3.8) is 0 Å². The fourth-order valence-electron chi connectivity index (χ4n) is 2.31. The first-order valence-corrected chi connectivity index (χ1v) is 6.10. The average molecular weight is 242 g/mol. The second-order valence-corrected chi connectivity index (χ2v) is 4.48. The van der Waals surface area contributed by atoms with E-state index in [9.17, 15) is 4.79 Å². The van der Waals surface area contributed by atoms with Crippen molar-refractivity contribution in [1.29, 1.82) is 0 Å². The predicted molar refractivity (Wildman–Crippen MR) is 70.2 cm³/mol. The van der Waals surface area contributed by atoms with E-state index in [2.05, 4.69) is 12.2 Å². The molecule has 1 aliphatic rings. The second-order valence-electron chi connectivity index (χ2n) is 4.48. The van der Waals surface area contributed by atoms with Crippen LogP contribution in [0.4, 0.5) is 0 Å². The number of hydrogen-bond donors (Lipinski definition) is 0. The van der Waals surface area contributed by atoms with Gasteiger partial charge in [0, 0.05) is 17.0 Å². The van der Waals surface area contributed by atoms with Crippen molar-refractivity contribution in [2.24, 2.45) is 0 Å². The molecule has 0 atom stereocenters. The van der Waals surface area contributed by atoms with Crippen molar-refractivity contribution in [1.82, 2.24) is 0 Å². The summed E-state index contributed by atoms with van der Waals surface area (Å²) in [5, 5.41) is 0.978. The summed E-state index contributed by atoms with van der Waals surface area (Å²) in [5.74, 6) is 0.820. The highest BCUT2D eigenvalue weighted by Gasteiger charge is 2.13. The Morgan fingerprint density at radius 2 is 2.11 bits per heavy atom. The van der Waals surface area contributed by atoms with Gasteiger partial charge in [-0.05, 0) is 37.5 Å². The van der Waals surface area contributed by atoms with Gasteiger partial charge < -0.3 is 9.15 Å². The van der Waals surface area contributed by atoms with E-state index in [1.165, 1.54) is 6.07 Å². The van der Waals surface area contributed by atoms with E-state index in [4.69, 9.17) is 9.15 Å². The molecular formula is C15H14O3. The lowest BCUT2D eigenvalue weighted by molar-refractivity contribution is 0.320. The molecule has 1 aliphatic heterocycles. The third-order valence-electron chi connectivity index (χ3n) is 3.21. The highest BCUT2D eigenvalue weighted by molar-refractivity contribution is 5.85. The van der Waals surface area contributed by atoms with Crippen LogP contribution in [-0.4, -0.2) is 6.61 Å². The molecule has 3 heteroatoms. The van der Waals surface area contributed by atoms with Gasteiger partial charge in [0.05, 0.1) is 6.61 Å². The van der Waals surface area contributed by atoms with Crippen LogP contribution in [0.5, 0.6) is 5.75 Å². The number of fused-ring (bicyclic) bond motifs is 3. The fourth-order valence-corrected chi connectivity index (χ4v) is 2.31. The molecule has 92 valence electrons. The molecule has 0 radical (unpaired) electrons. The summed E-state index contributed by atoms with van der Waals surface area (Å²) >= 11 is 0. The van der Waals surface area contributed by atoms with Crippen LogP contribution in [0.15, 0.2) is 39.6 Å². The number of benzene rings is 1. The first-order chi connectivity index (χ1) is 8.75. The first-order valence-electron chi connectivity index (χ1n) is 6.10. The molecule has 1 aromatic carbocycles. The maximum Gasteiger partial charge on any atom is 0.336 e. The van der Waals surface area contributed by atoms with E-state index in [-0.39, 0.29) is 5.63 Å². The predicted octanol–water partition coefficient (Wildman–Crippen LogP) is 2.98. The molecule has 0 unspecified atom stereocenters. The zero-order chi connectivity index (χ0) is 12.5. The summed E-state index contributed by atoms with van der Waals surface area (Å²) < 4.78 is 11.1. The van der Waals surface area contributed by atoms with Gasteiger partial charge >= 0.3 is 5.63 Å². The smallest absolute Gasteiger partial charge is 0.336 e. The van der Waals surface area contributed by atoms with Crippen LogP contribution in [0.3, 0.4) is 0 Å².